The number of hydroxylamine groups is 2. The third-order valence-electron chi connectivity index (χ3n) is 6.54. The molecule has 2 aliphatic rings. The number of Topliss-reactive ketones (excluding diaryl/α,β-unsaturated/α-hetero) is 2. The largest absolute Gasteiger partial charge is 0.302 e. The predicted octanol–water partition coefficient (Wildman–Crippen LogP) is 3.56. The molecule has 1 spiro atoms. The zero-order valence-electron chi connectivity index (χ0n) is 17.6. The number of hydrogen-bond acceptors (Lipinski definition) is 6. The number of carbonyl (C=O) groups is 2. The van der Waals surface area contributed by atoms with Gasteiger partial charge in [-0.1, -0.05) is 0 Å². The molecule has 0 unspecified atom stereocenters. The molecule has 2 heterocycles. The number of halogens is 1. The second-order valence-electron chi connectivity index (χ2n) is 8.58. The minimum Gasteiger partial charge on any atom is -0.302 e. The summed E-state index contributed by atoms with van der Waals surface area (Å²) in [6, 6.07) is 3.75. The highest BCUT2D eigenvalue weighted by Crippen LogP contribution is 2.46. The summed E-state index contributed by atoms with van der Waals surface area (Å²) >= 11 is 0. The van der Waals surface area contributed by atoms with Crippen LogP contribution in [0.2, 0.25) is 0 Å². The third kappa shape index (κ3) is 3.79. The van der Waals surface area contributed by atoms with Crippen molar-refractivity contribution in [3.8, 4) is 11.4 Å². The van der Waals surface area contributed by atoms with E-state index in [0.29, 0.717) is 18.7 Å². The van der Waals surface area contributed by atoms with Crippen LogP contribution in [0.4, 0.5) is 4.39 Å². The molecule has 2 fully saturated rings. The Morgan fingerprint density at radius 2 is 1.57 bits per heavy atom. The molecule has 1 aromatic carbocycles. The standard InChI is InChI=1S/C23H26FN3O3/c1-14-8-16(22-25-12-17(24)13-26-22)9-15(2)20(14)21-18(28)10-23(11-19(21)29)4-6-27(30-3)7-5-23/h8-9,12-13,21H,4-7,10-11H2,1-3H3. The molecule has 0 N–H and O–H groups in total. The van der Waals surface area contributed by atoms with Gasteiger partial charge in [0.05, 0.1) is 19.5 Å². The van der Waals surface area contributed by atoms with Crippen molar-refractivity contribution in [1.29, 1.82) is 0 Å². The van der Waals surface area contributed by atoms with Crippen LogP contribution >= 0.6 is 0 Å². The minimum atomic E-state index is -0.709. The van der Waals surface area contributed by atoms with Crippen LogP contribution in [0.3, 0.4) is 0 Å². The van der Waals surface area contributed by atoms with Crippen molar-refractivity contribution in [2.45, 2.75) is 45.4 Å². The summed E-state index contributed by atoms with van der Waals surface area (Å²) in [5.74, 6) is -0.769. The molecule has 6 nitrogen and oxygen atoms in total. The van der Waals surface area contributed by atoms with Crippen LogP contribution < -0.4 is 0 Å². The van der Waals surface area contributed by atoms with E-state index in [4.69, 9.17) is 4.84 Å². The maximum atomic E-state index is 13.2. The molecule has 2 aromatic rings. The molecule has 1 aliphatic heterocycles. The van der Waals surface area contributed by atoms with Gasteiger partial charge in [-0.25, -0.2) is 14.4 Å². The number of ketones is 2. The maximum absolute atomic E-state index is 13.2. The van der Waals surface area contributed by atoms with Crippen molar-refractivity contribution in [2.24, 2.45) is 5.41 Å². The van der Waals surface area contributed by atoms with Gasteiger partial charge in [-0.2, -0.15) is 5.06 Å². The van der Waals surface area contributed by atoms with Crippen LogP contribution in [0, 0.1) is 25.1 Å². The third-order valence-corrected chi connectivity index (χ3v) is 6.54. The van der Waals surface area contributed by atoms with Gasteiger partial charge in [-0.15, -0.1) is 0 Å². The van der Waals surface area contributed by atoms with Gasteiger partial charge in [-0.3, -0.25) is 9.59 Å². The monoisotopic (exact) mass is 411 g/mol. The molecule has 30 heavy (non-hydrogen) atoms. The fourth-order valence-corrected chi connectivity index (χ4v) is 5.02. The minimum absolute atomic E-state index is 0.00843. The lowest BCUT2D eigenvalue weighted by Gasteiger charge is -2.44. The quantitative estimate of drug-likeness (QED) is 0.719. The number of benzene rings is 1. The highest BCUT2D eigenvalue weighted by Gasteiger charge is 2.47. The van der Waals surface area contributed by atoms with Crippen LogP contribution in [0.1, 0.15) is 48.3 Å². The van der Waals surface area contributed by atoms with E-state index in [0.717, 1.165) is 60.6 Å². The molecule has 0 radical (unpaired) electrons. The Kier molecular flexibility index (Phi) is 5.51. The smallest absolute Gasteiger partial charge is 0.159 e. The molecular formula is C23H26FN3O3. The number of aromatic nitrogens is 2. The van der Waals surface area contributed by atoms with Gasteiger partial charge in [0, 0.05) is 31.5 Å². The Labute approximate surface area is 175 Å². The predicted molar refractivity (Wildman–Crippen MR) is 109 cm³/mol. The van der Waals surface area contributed by atoms with E-state index in [-0.39, 0.29) is 17.0 Å². The number of carbonyl (C=O) groups excluding carboxylic acids is 2. The second-order valence-corrected chi connectivity index (χ2v) is 8.58. The van der Waals surface area contributed by atoms with Crippen molar-refractivity contribution < 1.29 is 18.8 Å². The first-order chi connectivity index (χ1) is 14.3. The Morgan fingerprint density at radius 3 is 2.07 bits per heavy atom. The lowest BCUT2D eigenvalue weighted by molar-refractivity contribution is -0.166. The molecular weight excluding hydrogens is 385 g/mol. The lowest BCUT2D eigenvalue weighted by Crippen LogP contribution is -2.46. The molecule has 7 heteroatoms. The molecule has 1 saturated carbocycles. The van der Waals surface area contributed by atoms with Gasteiger partial charge >= 0.3 is 0 Å². The summed E-state index contributed by atoms with van der Waals surface area (Å²) in [5.41, 5.74) is 3.01. The van der Waals surface area contributed by atoms with E-state index in [9.17, 15) is 14.0 Å². The Morgan fingerprint density at radius 1 is 1.03 bits per heavy atom. The van der Waals surface area contributed by atoms with Gasteiger partial charge in [0.25, 0.3) is 0 Å². The van der Waals surface area contributed by atoms with E-state index >= 15 is 0 Å². The van der Waals surface area contributed by atoms with Crippen molar-refractivity contribution >= 4 is 11.6 Å². The van der Waals surface area contributed by atoms with E-state index in [2.05, 4.69) is 9.97 Å². The van der Waals surface area contributed by atoms with Crippen molar-refractivity contribution in [1.82, 2.24) is 15.0 Å². The summed E-state index contributed by atoms with van der Waals surface area (Å²) < 4.78 is 13.1. The summed E-state index contributed by atoms with van der Waals surface area (Å²) in [6.07, 6.45) is 4.71. The Bertz CT molecular complexity index is 939. The number of hydrogen-bond donors (Lipinski definition) is 0. The molecule has 0 bridgehead atoms. The Hall–Kier alpha value is -2.51. The van der Waals surface area contributed by atoms with Crippen LogP contribution in [-0.2, 0) is 14.4 Å². The molecule has 1 saturated heterocycles. The molecule has 1 aliphatic carbocycles. The number of nitrogens with zero attached hydrogens (tertiary/aromatic N) is 3. The first kappa shape index (κ1) is 20.8. The number of rotatable bonds is 3. The van der Waals surface area contributed by atoms with Gasteiger partial charge in [0.2, 0.25) is 0 Å². The zero-order valence-corrected chi connectivity index (χ0v) is 17.6. The van der Waals surface area contributed by atoms with Crippen molar-refractivity contribution in [3.05, 3.63) is 47.0 Å². The van der Waals surface area contributed by atoms with Gasteiger partial charge < -0.3 is 4.84 Å². The van der Waals surface area contributed by atoms with Gasteiger partial charge in [-0.05, 0) is 60.9 Å². The first-order valence-corrected chi connectivity index (χ1v) is 10.3. The average Bonchev–Trinajstić information content (AvgIpc) is 2.70. The summed E-state index contributed by atoms with van der Waals surface area (Å²) in [5, 5.41) is 1.89. The molecule has 0 amide bonds. The summed E-state index contributed by atoms with van der Waals surface area (Å²) in [6.45, 7) is 5.28. The van der Waals surface area contributed by atoms with E-state index < -0.39 is 11.7 Å². The fraction of sp³-hybridized carbons (Fsp3) is 0.478. The van der Waals surface area contributed by atoms with Crippen LogP contribution in [0.15, 0.2) is 24.5 Å². The molecule has 1 aromatic heterocycles. The number of piperidine rings is 1. The summed E-state index contributed by atoms with van der Waals surface area (Å²) in [4.78, 5) is 39.8. The zero-order chi connectivity index (χ0) is 21.5. The maximum Gasteiger partial charge on any atom is 0.159 e. The highest BCUT2D eigenvalue weighted by atomic mass is 19.1. The molecule has 158 valence electrons. The topological polar surface area (TPSA) is 72.4 Å². The van der Waals surface area contributed by atoms with Crippen LogP contribution in [0.25, 0.3) is 11.4 Å². The van der Waals surface area contributed by atoms with E-state index in [1.54, 1.807) is 7.11 Å². The molecule has 4 rings (SSSR count). The fourth-order valence-electron chi connectivity index (χ4n) is 5.02. The Balaban J connectivity index is 1.61. The highest BCUT2D eigenvalue weighted by molar-refractivity contribution is 6.10. The summed E-state index contributed by atoms with van der Waals surface area (Å²) in [7, 11) is 1.65. The first-order valence-electron chi connectivity index (χ1n) is 10.3. The van der Waals surface area contributed by atoms with E-state index in [1.165, 1.54) is 0 Å². The van der Waals surface area contributed by atoms with E-state index in [1.807, 2.05) is 31.0 Å². The average molecular weight is 411 g/mol. The van der Waals surface area contributed by atoms with Crippen molar-refractivity contribution in [2.75, 3.05) is 20.2 Å². The van der Waals surface area contributed by atoms with Crippen LogP contribution in [-0.4, -0.2) is 46.8 Å². The van der Waals surface area contributed by atoms with Crippen molar-refractivity contribution in [3.63, 3.8) is 0 Å². The normalized spacial score (nSPS) is 20.1. The molecule has 0 atom stereocenters. The second kappa shape index (κ2) is 7.96. The van der Waals surface area contributed by atoms with Crippen LogP contribution in [0.5, 0.6) is 0 Å². The van der Waals surface area contributed by atoms with Gasteiger partial charge in [0.15, 0.2) is 11.6 Å². The van der Waals surface area contributed by atoms with Gasteiger partial charge in [0.1, 0.15) is 17.5 Å². The number of aryl methyl sites for hydroxylation is 2. The SMILES string of the molecule is CON1CCC2(CC1)CC(=O)C(c1c(C)cc(-c3ncc(F)cn3)cc1C)C(=O)C2. The lowest BCUT2D eigenvalue weighted by atomic mass is 9.63.